The van der Waals surface area contributed by atoms with E-state index < -0.39 is 5.91 Å². The first kappa shape index (κ1) is 17.8. The summed E-state index contributed by atoms with van der Waals surface area (Å²) in [5, 5.41) is 16.0. The van der Waals surface area contributed by atoms with E-state index in [1.54, 1.807) is 0 Å². The van der Waals surface area contributed by atoms with Gasteiger partial charge in [-0.25, -0.2) is 0 Å². The van der Waals surface area contributed by atoms with E-state index in [1.165, 1.54) is 0 Å². The van der Waals surface area contributed by atoms with E-state index in [0.717, 1.165) is 34.4 Å². The van der Waals surface area contributed by atoms with E-state index in [9.17, 15) is 10.1 Å². The molecule has 3 rings (SSSR count). The Labute approximate surface area is 154 Å². The third-order valence-electron chi connectivity index (χ3n) is 4.60. The smallest absolute Gasteiger partial charge is 0.268 e. The highest BCUT2D eigenvalue weighted by molar-refractivity contribution is 6.12. The topological polar surface area (TPSA) is 64.9 Å². The second-order valence-corrected chi connectivity index (χ2v) is 7.48. The summed E-state index contributed by atoms with van der Waals surface area (Å²) in [7, 11) is 0. The molecule has 0 aliphatic carbocycles. The summed E-state index contributed by atoms with van der Waals surface area (Å²) in [4.78, 5) is 12.9. The van der Waals surface area contributed by atoms with Gasteiger partial charge in [0.2, 0.25) is 0 Å². The Morgan fingerprint density at radius 3 is 2.62 bits per heavy atom. The Hall–Kier alpha value is -3.06. The van der Waals surface area contributed by atoms with Crippen molar-refractivity contribution in [2.75, 3.05) is 5.32 Å². The highest BCUT2D eigenvalue weighted by Gasteiger charge is 2.31. The number of rotatable bonds is 2. The van der Waals surface area contributed by atoms with E-state index >= 15 is 0 Å². The molecule has 4 nitrogen and oxygen atoms in total. The van der Waals surface area contributed by atoms with Crippen LogP contribution in [0, 0.1) is 25.2 Å². The molecule has 2 N–H and O–H groups in total. The van der Waals surface area contributed by atoms with Gasteiger partial charge in [0.05, 0.1) is 5.70 Å². The molecule has 1 heterocycles. The zero-order valence-corrected chi connectivity index (χ0v) is 15.6. The third-order valence-corrected chi connectivity index (χ3v) is 4.60. The van der Waals surface area contributed by atoms with Crippen molar-refractivity contribution in [3.05, 3.63) is 70.3 Å². The molecule has 0 bridgehead atoms. The molecule has 4 heteroatoms. The number of benzene rings is 2. The van der Waals surface area contributed by atoms with Crippen LogP contribution in [0.3, 0.4) is 0 Å². The van der Waals surface area contributed by atoms with E-state index in [1.807, 2.05) is 50.2 Å². The van der Waals surface area contributed by atoms with Crippen LogP contribution in [0.25, 0.3) is 5.70 Å². The van der Waals surface area contributed by atoms with Crippen molar-refractivity contribution in [3.63, 3.8) is 0 Å². The number of carbonyl (C=O) groups excluding carboxylic acids is 1. The van der Waals surface area contributed by atoms with Crippen molar-refractivity contribution < 1.29 is 4.79 Å². The second-order valence-electron chi connectivity index (χ2n) is 7.48. The van der Waals surface area contributed by atoms with Crippen LogP contribution in [0.2, 0.25) is 0 Å². The van der Waals surface area contributed by atoms with E-state index in [0.29, 0.717) is 5.70 Å². The minimum Gasteiger partial charge on any atom is -0.378 e. The lowest BCUT2D eigenvalue weighted by Crippen LogP contribution is -2.44. The van der Waals surface area contributed by atoms with Crippen LogP contribution in [-0.4, -0.2) is 11.4 Å². The molecule has 2 aromatic rings. The number of aryl methyl sites for hydroxylation is 2. The lowest BCUT2D eigenvalue weighted by Gasteiger charge is -2.36. The van der Waals surface area contributed by atoms with Gasteiger partial charge in [0, 0.05) is 16.8 Å². The molecule has 0 aromatic heterocycles. The van der Waals surface area contributed by atoms with Crippen molar-refractivity contribution in [1.82, 2.24) is 5.32 Å². The monoisotopic (exact) mass is 345 g/mol. The normalized spacial score (nSPS) is 16.7. The van der Waals surface area contributed by atoms with Crippen LogP contribution in [0.4, 0.5) is 5.69 Å². The molecule has 0 saturated heterocycles. The predicted octanol–water partition coefficient (Wildman–Crippen LogP) is 4.10. The van der Waals surface area contributed by atoms with Gasteiger partial charge in [-0.2, -0.15) is 5.26 Å². The molecule has 26 heavy (non-hydrogen) atoms. The Bertz CT molecular complexity index is 948. The fraction of sp³-hybridized carbons (Fsp3) is 0.273. The van der Waals surface area contributed by atoms with Gasteiger partial charge in [-0.05, 0) is 51.3 Å². The first-order valence-electron chi connectivity index (χ1n) is 8.70. The van der Waals surface area contributed by atoms with Crippen LogP contribution in [0.15, 0.2) is 48.0 Å². The fourth-order valence-electron chi connectivity index (χ4n) is 3.40. The van der Waals surface area contributed by atoms with Crippen molar-refractivity contribution >= 4 is 17.3 Å². The van der Waals surface area contributed by atoms with Gasteiger partial charge in [-0.3, -0.25) is 4.79 Å². The van der Waals surface area contributed by atoms with Crippen molar-refractivity contribution in [2.45, 2.75) is 39.7 Å². The number of nitrogens with zero attached hydrogens (tertiary/aromatic N) is 1. The summed E-state index contributed by atoms with van der Waals surface area (Å²) in [6, 6.07) is 15.8. The molecule has 132 valence electrons. The number of hydrogen-bond donors (Lipinski definition) is 2. The number of amides is 1. The number of carbonyl (C=O) groups is 1. The molecule has 1 aliphatic heterocycles. The molecule has 0 fully saturated rings. The Morgan fingerprint density at radius 1 is 1.19 bits per heavy atom. The van der Waals surface area contributed by atoms with Gasteiger partial charge in [-0.15, -0.1) is 0 Å². The number of nitriles is 1. The second kappa shape index (κ2) is 6.68. The summed E-state index contributed by atoms with van der Waals surface area (Å²) in [6.07, 6.45) is 0.837. The Kier molecular flexibility index (Phi) is 4.56. The molecule has 0 unspecified atom stereocenters. The summed E-state index contributed by atoms with van der Waals surface area (Å²) in [5.74, 6) is -0.394. The lowest BCUT2D eigenvalue weighted by molar-refractivity contribution is -0.112. The molecule has 0 atom stereocenters. The quantitative estimate of drug-likeness (QED) is 0.636. The maximum absolute atomic E-state index is 12.9. The highest BCUT2D eigenvalue weighted by atomic mass is 16.1. The Balaban J connectivity index is 2.04. The Morgan fingerprint density at radius 2 is 1.92 bits per heavy atom. The molecular formula is C22H23N3O. The summed E-state index contributed by atoms with van der Waals surface area (Å²) >= 11 is 0. The molecule has 0 saturated carbocycles. The van der Waals surface area contributed by atoms with Gasteiger partial charge in [0.15, 0.2) is 0 Å². The average Bonchev–Trinajstić information content (AvgIpc) is 2.57. The van der Waals surface area contributed by atoms with Crippen molar-refractivity contribution in [1.29, 1.82) is 5.26 Å². The van der Waals surface area contributed by atoms with Crippen molar-refractivity contribution in [3.8, 4) is 6.07 Å². The maximum atomic E-state index is 12.9. The number of fused-ring (bicyclic) bond motifs is 1. The standard InChI is InChI=1S/C22H23N3O/c1-14-9-10-19(15(2)11-14)24-21(26)18(13-23)20-17-8-6-5-7-16(17)12-22(3,4)25-20/h5-11,25H,12H2,1-4H3,(H,24,26)/b20-18+. The van der Waals surface area contributed by atoms with E-state index in [4.69, 9.17) is 0 Å². The average molecular weight is 345 g/mol. The van der Waals surface area contributed by atoms with Gasteiger partial charge in [0.1, 0.15) is 11.6 Å². The molecule has 0 spiro atoms. The third kappa shape index (κ3) is 3.48. The SMILES string of the molecule is Cc1ccc(NC(=O)/C(C#N)=C2/NC(C)(C)Cc3ccccc32)c(C)c1. The van der Waals surface area contributed by atoms with E-state index in [-0.39, 0.29) is 11.1 Å². The zero-order chi connectivity index (χ0) is 18.9. The first-order chi connectivity index (χ1) is 12.3. The largest absolute Gasteiger partial charge is 0.378 e. The van der Waals surface area contributed by atoms with Crippen molar-refractivity contribution in [2.24, 2.45) is 0 Å². The summed E-state index contributed by atoms with van der Waals surface area (Å²) in [5.41, 5.74) is 5.34. The van der Waals surface area contributed by atoms with Gasteiger partial charge >= 0.3 is 0 Å². The lowest BCUT2D eigenvalue weighted by atomic mass is 9.84. The highest BCUT2D eigenvalue weighted by Crippen LogP contribution is 2.31. The molecule has 2 aromatic carbocycles. The van der Waals surface area contributed by atoms with Crippen LogP contribution in [-0.2, 0) is 11.2 Å². The summed E-state index contributed by atoms with van der Waals surface area (Å²) < 4.78 is 0. The number of hydrogen-bond acceptors (Lipinski definition) is 3. The number of anilines is 1. The van der Waals surface area contributed by atoms with Crippen LogP contribution >= 0.6 is 0 Å². The molecule has 1 amide bonds. The summed E-state index contributed by atoms with van der Waals surface area (Å²) in [6.45, 7) is 8.09. The fourth-order valence-corrected chi connectivity index (χ4v) is 3.40. The zero-order valence-electron chi connectivity index (χ0n) is 15.6. The van der Waals surface area contributed by atoms with Gasteiger partial charge in [0.25, 0.3) is 5.91 Å². The van der Waals surface area contributed by atoms with Crippen LogP contribution in [0.1, 0.15) is 36.1 Å². The molecular weight excluding hydrogens is 322 g/mol. The first-order valence-corrected chi connectivity index (χ1v) is 8.70. The minimum atomic E-state index is -0.394. The predicted molar refractivity (Wildman–Crippen MR) is 104 cm³/mol. The minimum absolute atomic E-state index is 0.102. The van der Waals surface area contributed by atoms with E-state index in [2.05, 4.69) is 36.6 Å². The van der Waals surface area contributed by atoms with Crippen LogP contribution in [0.5, 0.6) is 0 Å². The molecule has 0 radical (unpaired) electrons. The van der Waals surface area contributed by atoms with Gasteiger partial charge in [-0.1, -0.05) is 42.0 Å². The molecule has 1 aliphatic rings. The van der Waals surface area contributed by atoms with Crippen LogP contribution < -0.4 is 10.6 Å². The maximum Gasteiger partial charge on any atom is 0.268 e. The van der Waals surface area contributed by atoms with Gasteiger partial charge < -0.3 is 10.6 Å². The number of nitrogens with one attached hydrogen (secondary N) is 2.